The Kier molecular flexibility index (Phi) is 6.33. The summed E-state index contributed by atoms with van der Waals surface area (Å²) < 4.78 is 5.98. The molecule has 28 heavy (non-hydrogen) atoms. The number of hydrogen-bond acceptors (Lipinski definition) is 6. The van der Waals surface area contributed by atoms with Crippen LogP contribution in [0.5, 0.6) is 11.5 Å². The minimum Gasteiger partial charge on any atom is -0.507 e. The average molecular weight is 415 g/mol. The fourth-order valence-corrected chi connectivity index (χ4v) is 3.82. The Labute approximate surface area is 171 Å². The molecule has 0 saturated carbocycles. The number of hydrogen-bond donors (Lipinski definition) is 2. The van der Waals surface area contributed by atoms with Crippen LogP contribution in [0.15, 0.2) is 53.4 Å². The number of carbonyl (C=O) groups is 2. The molecule has 6 nitrogen and oxygen atoms in total. The maximum atomic E-state index is 12.4. The van der Waals surface area contributed by atoms with Crippen LogP contribution in [0, 0.1) is 0 Å². The maximum absolute atomic E-state index is 12.4. The second kappa shape index (κ2) is 8.90. The molecule has 0 unspecified atom stereocenters. The maximum Gasteiger partial charge on any atom is 0.305 e. The molecule has 1 amide bonds. The highest BCUT2D eigenvalue weighted by Crippen LogP contribution is 2.35. The van der Waals surface area contributed by atoms with Gasteiger partial charge in [-0.1, -0.05) is 54.3 Å². The summed E-state index contributed by atoms with van der Waals surface area (Å²) in [5.41, 5.74) is 1.46. The number of benzene rings is 2. The van der Waals surface area contributed by atoms with Gasteiger partial charge >= 0.3 is 5.97 Å². The second-order valence-corrected chi connectivity index (χ2v) is 7.65. The molecule has 0 aromatic heterocycles. The average Bonchev–Trinajstić information content (AvgIpc) is 2.94. The molecule has 2 N–H and O–H groups in total. The van der Waals surface area contributed by atoms with Gasteiger partial charge in [0, 0.05) is 18.2 Å². The van der Waals surface area contributed by atoms with Crippen LogP contribution in [0.1, 0.15) is 17.5 Å². The van der Waals surface area contributed by atoms with Gasteiger partial charge in [-0.3, -0.25) is 14.5 Å². The van der Waals surface area contributed by atoms with Crippen LogP contribution in [-0.4, -0.2) is 37.9 Å². The van der Waals surface area contributed by atoms with Gasteiger partial charge in [0.15, 0.2) is 0 Å². The van der Waals surface area contributed by atoms with Crippen molar-refractivity contribution in [1.29, 1.82) is 0 Å². The molecule has 3 rings (SSSR count). The lowest BCUT2D eigenvalue weighted by molar-refractivity contribution is -0.137. The normalized spacial score (nSPS) is 15.3. The fraction of sp³-hybridized carbons (Fsp3) is 0.150. The van der Waals surface area contributed by atoms with Crippen molar-refractivity contribution in [3.8, 4) is 11.5 Å². The highest BCUT2D eigenvalue weighted by molar-refractivity contribution is 8.26. The lowest BCUT2D eigenvalue weighted by Gasteiger charge is -2.12. The Morgan fingerprint density at radius 3 is 2.64 bits per heavy atom. The molecule has 8 heteroatoms. The van der Waals surface area contributed by atoms with Crippen molar-refractivity contribution < 1.29 is 24.5 Å². The third-order valence-electron chi connectivity index (χ3n) is 3.96. The third kappa shape index (κ3) is 4.90. The number of phenolic OH excluding ortho intramolecular Hbond substituents is 1. The number of aliphatic carboxylic acids is 1. The quantitative estimate of drug-likeness (QED) is 0.527. The molecule has 0 aliphatic carbocycles. The minimum atomic E-state index is -0.998. The summed E-state index contributed by atoms with van der Waals surface area (Å²) in [6.07, 6.45) is 1.36. The first-order chi connectivity index (χ1) is 13.4. The molecular formula is C20H17NO5S2. The molecular weight excluding hydrogens is 398 g/mol. The predicted octanol–water partition coefficient (Wildman–Crippen LogP) is 3.65. The first-order valence-electron chi connectivity index (χ1n) is 8.41. The van der Waals surface area contributed by atoms with Gasteiger partial charge in [-0.2, -0.15) is 0 Å². The van der Waals surface area contributed by atoms with Crippen molar-refractivity contribution in [2.45, 2.75) is 13.0 Å². The third-order valence-corrected chi connectivity index (χ3v) is 5.34. The van der Waals surface area contributed by atoms with E-state index in [-0.39, 0.29) is 24.6 Å². The number of rotatable bonds is 7. The van der Waals surface area contributed by atoms with Gasteiger partial charge < -0.3 is 14.9 Å². The van der Waals surface area contributed by atoms with Crippen molar-refractivity contribution >= 4 is 46.3 Å². The Morgan fingerprint density at radius 1 is 1.21 bits per heavy atom. The van der Waals surface area contributed by atoms with E-state index in [1.807, 2.05) is 30.3 Å². The lowest BCUT2D eigenvalue weighted by Crippen LogP contribution is -2.30. The number of aromatic hydroxyl groups is 1. The van der Waals surface area contributed by atoms with Gasteiger partial charge in [0.1, 0.15) is 22.4 Å². The van der Waals surface area contributed by atoms with Crippen LogP contribution in [0.2, 0.25) is 0 Å². The second-order valence-electron chi connectivity index (χ2n) is 5.97. The summed E-state index contributed by atoms with van der Waals surface area (Å²) in [7, 11) is 0. The zero-order valence-electron chi connectivity index (χ0n) is 14.7. The molecule has 0 radical (unpaired) electrons. The number of amides is 1. The molecule has 2 aromatic carbocycles. The number of nitrogens with zero attached hydrogens (tertiary/aromatic N) is 1. The van der Waals surface area contributed by atoms with Crippen molar-refractivity contribution in [2.75, 3.05) is 6.54 Å². The topological polar surface area (TPSA) is 87.1 Å². The summed E-state index contributed by atoms with van der Waals surface area (Å²) in [4.78, 5) is 24.7. The highest BCUT2D eigenvalue weighted by Gasteiger charge is 2.32. The van der Waals surface area contributed by atoms with E-state index >= 15 is 0 Å². The summed E-state index contributed by atoms with van der Waals surface area (Å²) in [5.74, 6) is -0.879. The molecule has 0 spiro atoms. The number of phenols is 1. The number of carboxylic acids is 1. The summed E-state index contributed by atoms with van der Waals surface area (Å²) in [6, 6.07) is 14.5. The largest absolute Gasteiger partial charge is 0.507 e. The van der Waals surface area contributed by atoms with E-state index < -0.39 is 5.97 Å². The standard InChI is InChI=1S/C20H17NO5S2/c22-16-11-15(26-12-13-4-2-1-3-5-13)7-6-14(16)10-17-19(25)21(20(27)28-17)9-8-18(23)24/h1-7,10-11,22H,8-9,12H2,(H,23,24)/b17-10-. The minimum absolute atomic E-state index is 0.0234. The lowest BCUT2D eigenvalue weighted by atomic mass is 10.1. The van der Waals surface area contributed by atoms with Gasteiger partial charge in [-0.25, -0.2) is 0 Å². The Hall–Kier alpha value is -2.84. The Morgan fingerprint density at radius 2 is 1.96 bits per heavy atom. The van der Waals surface area contributed by atoms with Crippen LogP contribution in [-0.2, 0) is 16.2 Å². The number of carboxylic acid groups (broad SMARTS) is 1. The Balaban J connectivity index is 1.69. The first-order valence-corrected chi connectivity index (χ1v) is 9.63. The van der Waals surface area contributed by atoms with Gasteiger partial charge in [0.05, 0.1) is 11.3 Å². The number of thioether (sulfide) groups is 1. The van der Waals surface area contributed by atoms with Gasteiger partial charge in [-0.05, 0) is 23.8 Å². The number of ether oxygens (including phenoxy) is 1. The van der Waals surface area contributed by atoms with Crippen LogP contribution in [0.4, 0.5) is 0 Å². The highest BCUT2D eigenvalue weighted by atomic mass is 32.2. The molecule has 1 aliphatic rings. The number of thiocarbonyl (C=S) groups is 1. The van der Waals surface area contributed by atoms with Crippen molar-refractivity contribution in [3.05, 3.63) is 64.6 Å². The fourth-order valence-electron chi connectivity index (χ4n) is 2.52. The zero-order valence-corrected chi connectivity index (χ0v) is 16.3. The summed E-state index contributed by atoms with van der Waals surface area (Å²) in [6.45, 7) is 0.400. The van der Waals surface area contributed by atoms with E-state index in [1.54, 1.807) is 12.1 Å². The molecule has 0 bridgehead atoms. The molecule has 1 aliphatic heterocycles. The van der Waals surface area contributed by atoms with E-state index in [0.717, 1.165) is 17.3 Å². The summed E-state index contributed by atoms with van der Waals surface area (Å²) in [5, 5.41) is 19.1. The zero-order chi connectivity index (χ0) is 20.1. The van der Waals surface area contributed by atoms with E-state index in [0.29, 0.717) is 27.1 Å². The molecule has 144 valence electrons. The SMILES string of the molecule is O=C(O)CCN1C(=O)/C(=C/c2ccc(OCc3ccccc3)cc2O)SC1=S. The first kappa shape index (κ1) is 19.9. The Bertz CT molecular complexity index is 943. The van der Waals surface area contributed by atoms with Crippen molar-refractivity contribution in [3.63, 3.8) is 0 Å². The monoisotopic (exact) mass is 415 g/mol. The van der Waals surface area contributed by atoms with E-state index in [9.17, 15) is 14.7 Å². The number of carbonyl (C=O) groups excluding carboxylic acids is 1. The van der Waals surface area contributed by atoms with E-state index in [1.165, 1.54) is 17.0 Å². The molecule has 2 aromatic rings. The van der Waals surface area contributed by atoms with Crippen LogP contribution in [0.3, 0.4) is 0 Å². The molecule has 0 atom stereocenters. The van der Waals surface area contributed by atoms with Gasteiger partial charge in [0.25, 0.3) is 5.91 Å². The smallest absolute Gasteiger partial charge is 0.305 e. The van der Waals surface area contributed by atoms with E-state index in [2.05, 4.69) is 0 Å². The van der Waals surface area contributed by atoms with E-state index in [4.69, 9.17) is 22.1 Å². The van der Waals surface area contributed by atoms with Crippen LogP contribution >= 0.6 is 24.0 Å². The van der Waals surface area contributed by atoms with Crippen molar-refractivity contribution in [1.82, 2.24) is 4.90 Å². The molecule has 1 saturated heterocycles. The van der Waals surface area contributed by atoms with Gasteiger partial charge in [0.2, 0.25) is 0 Å². The van der Waals surface area contributed by atoms with Crippen LogP contribution < -0.4 is 4.74 Å². The van der Waals surface area contributed by atoms with Crippen molar-refractivity contribution in [2.24, 2.45) is 0 Å². The van der Waals surface area contributed by atoms with Crippen LogP contribution in [0.25, 0.3) is 6.08 Å². The predicted molar refractivity (Wildman–Crippen MR) is 111 cm³/mol. The van der Waals surface area contributed by atoms with Gasteiger partial charge in [-0.15, -0.1) is 0 Å². The summed E-state index contributed by atoms with van der Waals surface area (Å²) >= 11 is 6.23. The molecule has 1 fully saturated rings. The molecule has 1 heterocycles.